The van der Waals surface area contributed by atoms with E-state index in [0.29, 0.717) is 17.0 Å². The van der Waals surface area contributed by atoms with Crippen molar-refractivity contribution in [1.29, 1.82) is 0 Å². The molecule has 0 aliphatic heterocycles. The molecule has 0 radical (unpaired) electrons. The van der Waals surface area contributed by atoms with Crippen LogP contribution in [0.5, 0.6) is 11.6 Å². The number of nitrogens with zero attached hydrogens (tertiary/aromatic N) is 4. The molecule has 2 aromatic heterocycles. The first-order valence-electron chi connectivity index (χ1n) is 9.32. The lowest BCUT2D eigenvalue weighted by atomic mass is 10.2. The first-order chi connectivity index (χ1) is 15.4. The lowest BCUT2D eigenvalue weighted by molar-refractivity contribution is 0.306. The summed E-state index contributed by atoms with van der Waals surface area (Å²) < 4.78 is 65.7. The molecule has 0 saturated carbocycles. The van der Waals surface area contributed by atoms with Gasteiger partial charge in [-0.3, -0.25) is 0 Å². The number of methoxy groups -OCH3 is 1. The quantitative estimate of drug-likeness (QED) is 0.402. The highest BCUT2D eigenvalue weighted by molar-refractivity contribution is 7.89. The Hall–Kier alpha value is -3.64. The molecule has 1 N–H and O–H groups in total. The summed E-state index contributed by atoms with van der Waals surface area (Å²) in [7, 11) is -2.65. The molecule has 0 spiro atoms. The summed E-state index contributed by atoms with van der Waals surface area (Å²) in [5, 5.41) is 12.4. The molecule has 0 bridgehead atoms. The molecule has 12 heteroatoms. The lowest BCUT2D eigenvalue weighted by Crippen LogP contribution is -2.28. The zero-order valence-electron chi connectivity index (χ0n) is 16.7. The predicted molar refractivity (Wildman–Crippen MR) is 110 cm³/mol. The van der Waals surface area contributed by atoms with Gasteiger partial charge in [0.05, 0.1) is 12.0 Å². The third-order valence-electron chi connectivity index (χ3n) is 4.42. The maximum absolute atomic E-state index is 13.8. The van der Waals surface area contributed by atoms with Gasteiger partial charge in [0.2, 0.25) is 15.9 Å². The molecule has 9 nitrogen and oxygen atoms in total. The van der Waals surface area contributed by atoms with Crippen LogP contribution in [0.15, 0.2) is 59.5 Å². The topological polar surface area (TPSA) is 108 Å². The van der Waals surface area contributed by atoms with Crippen molar-refractivity contribution in [2.24, 2.45) is 0 Å². The van der Waals surface area contributed by atoms with Crippen molar-refractivity contribution in [3.05, 3.63) is 66.2 Å². The molecule has 0 atom stereocenters. The van der Waals surface area contributed by atoms with E-state index in [4.69, 9.17) is 9.47 Å². The Balaban J connectivity index is 1.42. The fourth-order valence-corrected chi connectivity index (χ4v) is 3.88. The molecule has 0 unspecified atom stereocenters. The van der Waals surface area contributed by atoms with E-state index in [1.807, 2.05) is 0 Å². The number of fused-ring (bicyclic) bond motifs is 1. The molecule has 0 aliphatic rings. The molecule has 4 rings (SSSR count). The highest BCUT2D eigenvalue weighted by atomic mass is 32.2. The minimum absolute atomic E-state index is 0.0373. The van der Waals surface area contributed by atoms with Crippen LogP contribution in [0.2, 0.25) is 0 Å². The number of nitrogens with one attached hydrogen (secondary N) is 1. The Morgan fingerprint density at radius 3 is 2.53 bits per heavy atom. The normalized spacial score (nSPS) is 11.6. The van der Waals surface area contributed by atoms with Crippen LogP contribution in [0.1, 0.15) is 0 Å². The minimum atomic E-state index is -3.94. The van der Waals surface area contributed by atoms with E-state index in [0.717, 1.165) is 6.07 Å². The fourth-order valence-electron chi connectivity index (χ4n) is 2.86. The van der Waals surface area contributed by atoms with Crippen molar-refractivity contribution in [1.82, 2.24) is 24.5 Å². The summed E-state index contributed by atoms with van der Waals surface area (Å²) >= 11 is 0. The van der Waals surface area contributed by atoms with E-state index < -0.39 is 15.8 Å². The Bertz CT molecular complexity index is 1360. The highest BCUT2D eigenvalue weighted by Crippen LogP contribution is 2.21. The van der Waals surface area contributed by atoms with Gasteiger partial charge in [-0.2, -0.15) is 4.52 Å². The number of halogens is 2. The van der Waals surface area contributed by atoms with Gasteiger partial charge in [-0.05, 0) is 48.5 Å². The maximum Gasteiger partial charge on any atom is 0.240 e. The van der Waals surface area contributed by atoms with Crippen LogP contribution in [0, 0.1) is 11.6 Å². The van der Waals surface area contributed by atoms with Crippen molar-refractivity contribution in [3.8, 4) is 23.0 Å². The lowest BCUT2D eigenvalue weighted by Gasteiger charge is -2.09. The van der Waals surface area contributed by atoms with Gasteiger partial charge in [0, 0.05) is 18.2 Å². The molecule has 32 heavy (non-hydrogen) atoms. The molecule has 2 heterocycles. The fraction of sp³-hybridized carbons (Fsp3) is 0.150. The standard InChI is InChI=1S/C20H17F2N5O4S/c1-30-17-7-6-15(12-16(17)22)32(28,29)23-10-11-31-19-9-8-18-24-25-20(27(18)26-19)13-2-4-14(21)5-3-13/h2-9,12,23H,10-11H2,1H3. The van der Waals surface area contributed by atoms with Crippen LogP contribution in [-0.2, 0) is 10.0 Å². The Labute approximate surface area is 181 Å². The molecule has 0 aliphatic carbocycles. The number of hydrogen-bond acceptors (Lipinski definition) is 7. The molecular formula is C20H17F2N5O4S. The van der Waals surface area contributed by atoms with E-state index in [1.165, 1.54) is 35.9 Å². The number of rotatable bonds is 8. The second-order valence-electron chi connectivity index (χ2n) is 6.51. The van der Waals surface area contributed by atoms with Gasteiger partial charge < -0.3 is 9.47 Å². The van der Waals surface area contributed by atoms with Gasteiger partial charge in [0.15, 0.2) is 23.0 Å². The zero-order valence-corrected chi connectivity index (χ0v) is 17.5. The summed E-state index contributed by atoms with van der Waals surface area (Å²) in [5.74, 6) is -0.611. The van der Waals surface area contributed by atoms with Crippen LogP contribution >= 0.6 is 0 Å². The predicted octanol–water partition coefficient (Wildman–Crippen LogP) is 2.44. The summed E-state index contributed by atoms with van der Waals surface area (Å²) in [6.45, 7) is -0.118. The summed E-state index contributed by atoms with van der Waals surface area (Å²) in [4.78, 5) is -0.233. The molecule has 2 aromatic carbocycles. The van der Waals surface area contributed by atoms with Gasteiger partial charge in [-0.25, -0.2) is 21.9 Å². The average Bonchev–Trinajstić information content (AvgIpc) is 3.20. The van der Waals surface area contributed by atoms with Gasteiger partial charge in [0.25, 0.3) is 0 Å². The molecule has 4 aromatic rings. The second-order valence-corrected chi connectivity index (χ2v) is 8.28. The smallest absolute Gasteiger partial charge is 0.240 e. The van der Waals surface area contributed by atoms with Crippen LogP contribution in [0.3, 0.4) is 0 Å². The van der Waals surface area contributed by atoms with Crippen molar-refractivity contribution in [2.45, 2.75) is 4.90 Å². The number of sulfonamides is 1. The SMILES string of the molecule is COc1ccc(S(=O)(=O)NCCOc2ccc3nnc(-c4ccc(F)cc4)n3n2)cc1F. The molecule has 0 saturated heterocycles. The first-order valence-corrected chi connectivity index (χ1v) is 10.8. The number of benzene rings is 2. The molecule has 166 valence electrons. The van der Waals surface area contributed by atoms with E-state index in [-0.39, 0.29) is 35.5 Å². The number of ether oxygens (including phenoxy) is 2. The first kappa shape index (κ1) is 21.6. The molecule has 0 amide bonds. The van der Waals surface area contributed by atoms with Crippen LogP contribution < -0.4 is 14.2 Å². The highest BCUT2D eigenvalue weighted by Gasteiger charge is 2.16. The van der Waals surface area contributed by atoms with Gasteiger partial charge in [-0.15, -0.1) is 15.3 Å². The third kappa shape index (κ3) is 4.50. The van der Waals surface area contributed by atoms with E-state index in [2.05, 4.69) is 20.0 Å². The average molecular weight is 461 g/mol. The van der Waals surface area contributed by atoms with Crippen molar-refractivity contribution < 1.29 is 26.7 Å². The Kier molecular flexibility index (Phi) is 5.97. The zero-order chi connectivity index (χ0) is 22.7. The van der Waals surface area contributed by atoms with Crippen LogP contribution in [-0.4, -0.2) is 48.5 Å². The maximum atomic E-state index is 13.8. The second kappa shape index (κ2) is 8.85. The van der Waals surface area contributed by atoms with Crippen LogP contribution in [0.4, 0.5) is 8.78 Å². The van der Waals surface area contributed by atoms with E-state index >= 15 is 0 Å². The summed E-state index contributed by atoms with van der Waals surface area (Å²) in [5.41, 5.74) is 1.07. The van der Waals surface area contributed by atoms with Gasteiger partial charge in [-0.1, -0.05) is 0 Å². The summed E-state index contributed by atoms with van der Waals surface area (Å²) in [6.07, 6.45) is 0. The number of aromatic nitrogens is 4. The van der Waals surface area contributed by atoms with Crippen molar-refractivity contribution in [2.75, 3.05) is 20.3 Å². The van der Waals surface area contributed by atoms with E-state index in [9.17, 15) is 17.2 Å². The Morgan fingerprint density at radius 2 is 1.81 bits per heavy atom. The van der Waals surface area contributed by atoms with Crippen molar-refractivity contribution >= 4 is 15.7 Å². The van der Waals surface area contributed by atoms with Gasteiger partial charge >= 0.3 is 0 Å². The van der Waals surface area contributed by atoms with Crippen molar-refractivity contribution in [3.63, 3.8) is 0 Å². The molecular weight excluding hydrogens is 444 g/mol. The third-order valence-corrected chi connectivity index (χ3v) is 5.88. The van der Waals surface area contributed by atoms with E-state index in [1.54, 1.807) is 24.3 Å². The summed E-state index contributed by atoms with van der Waals surface area (Å²) in [6, 6.07) is 12.3. The minimum Gasteiger partial charge on any atom is -0.494 e. The monoisotopic (exact) mass is 461 g/mol. The van der Waals surface area contributed by atoms with Gasteiger partial charge in [0.1, 0.15) is 12.4 Å². The largest absolute Gasteiger partial charge is 0.494 e. The number of hydrogen-bond donors (Lipinski definition) is 1. The van der Waals surface area contributed by atoms with Crippen LogP contribution in [0.25, 0.3) is 17.0 Å². The Morgan fingerprint density at radius 1 is 1.03 bits per heavy atom. The molecule has 0 fully saturated rings.